The molecule has 2 rings (SSSR count). The number of para-hydroxylation sites is 1. The average Bonchev–Trinajstić information content (AvgIpc) is 2.35. The van der Waals surface area contributed by atoms with E-state index in [1.54, 1.807) is 12.1 Å². The molecule has 0 radical (unpaired) electrons. The topological polar surface area (TPSA) is 98.2 Å². The molecule has 2 aromatic rings. The highest BCUT2D eigenvalue weighted by molar-refractivity contribution is 9.11. The quantitative estimate of drug-likeness (QED) is 0.664. The first-order valence-electron chi connectivity index (χ1n) is 5.42. The summed E-state index contributed by atoms with van der Waals surface area (Å²) in [6, 6.07) is 10.2. The van der Waals surface area contributed by atoms with Crippen LogP contribution in [-0.4, -0.2) is 8.42 Å². The molecule has 0 saturated carbocycles. The third-order valence-electron chi connectivity index (χ3n) is 2.57. The highest BCUT2D eigenvalue weighted by Crippen LogP contribution is 2.33. The SMILES string of the molecule is Nc1c(Nc2cc(Br)ccc2Br)cccc1S(N)(=O)=O. The molecule has 2 aromatic carbocycles. The number of nitrogens with two attached hydrogens (primary N) is 2. The summed E-state index contributed by atoms with van der Waals surface area (Å²) in [7, 11) is -3.85. The smallest absolute Gasteiger partial charge is 0.240 e. The van der Waals surface area contributed by atoms with Crippen molar-refractivity contribution < 1.29 is 8.42 Å². The Bertz CT molecular complexity index is 763. The lowest BCUT2D eigenvalue weighted by Gasteiger charge is -2.13. The van der Waals surface area contributed by atoms with Gasteiger partial charge in [-0.3, -0.25) is 0 Å². The number of sulfonamides is 1. The fraction of sp³-hybridized carbons (Fsp3) is 0. The van der Waals surface area contributed by atoms with Crippen molar-refractivity contribution in [2.45, 2.75) is 4.90 Å². The summed E-state index contributed by atoms with van der Waals surface area (Å²) in [5.41, 5.74) is 7.16. The van der Waals surface area contributed by atoms with E-state index in [9.17, 15) is 8.42 Å². The summed E-state index contributed by atoms with van der Waals surface area (Å²) in [4.78, 5) is -0.103. The van der Waals surface area contributed by atoms with Crippen LogP contribution in [0, 0.1) is 0 Å². The van der Waals surface area contributed by atoms with Gasteiger partial charge in [0.15, 0.2) is 0 Å². The highest BCUT2D eigenvalue weighted by atomic mass is 79.9. The van der Waals surface area contributed by atoms with Crippen molar-refractivity contribution in [2.75, 3.05) is 11.1 Å². The van der Waals surface area contributed by atoms with Crippen LogP contribution < -0.4 is 16.2 Å². The van der Waals surface area contributed by atoms with Crippen LogP contribution in [0.1, 0.15) is 0 Å². The molecule has 0 spiro atoms. The maximum Gasteiger partial charge on any atom is 0.240 e. The molecular weight excluding hydrogens is 410 g/mol. The number of benzene rings is 2. The summed E-state index contributed by atoms with van der Waals surface area (Å²) in [5.74, 6) is 0. The van der Waals surface area contributed by atoms with Gasteiger partial charge in [-0.2, -0.15) is 0 Å². The van der Waals surface area contributed by atoms with Gasteiger partial charge in [0.1, 0.15) is 4.90 Å². The molecule has 20 heavy (non-hydrogen) atoms. The Morgan fingerprint density at radius 1 is 1.05 bits per heavy atom. The first-order valence-corrected chi connectivity index (χ1v) is 8.55. The molecule has 0 fully saturated rings. The molecule has 0 aliphatic heterocycles. The molecule has 8 heteroatoms. The summed E-state index contributed by atoms with van der Waals surface area (Å²) in [6.45, 7) is 0. The molecule has 0 aromatic heterocycles. The molecule has 106 valence electrons. The lowest BCUT2D eigenvalue weighted by atomic mass is 10.2. The Balaban J connectivity index is 2.47. The van der Waals surface area contributed by atoms with Crippen LogP contribution in [0.3, 0.4) is 0 Å². The van der Waals surface area contributed by atoms with Gasteiger partial charge in [0.25, 0.3) is 0 Å². The molecule has 0 aliphatic rings. The van der Waals surface area contributed by atoms with Crippen LogP contribution in [0.2, 0.25) is 0 Å². The van der Waals surface area contributed by atoms with Gasteiger partial charge in [-0.25, -0.2) is 13.6 Å². The van der Waals surface area contributed by atoms with Crippen LogP contribution in [0.5, 0.6) is 0 Å². The van der Waals surface area contributed by atoms with Crippen molar-refractivity contribution in [3.8, 4) is 0 Å². The second kappa shape index (κ2) is 5.72. The Morgan fingerprint density at radius 3 is 2.40 bits per heavy atom. The number of primary sulfonamides is 1. The third kappa shape index (κ3) is 3.32. The van der Waals surface area contributed by atoms with Crippen molar-refractivity contribution in [3.05, 3.63) is 45.3 Å². The molecule has 0 heterocycles. The number of hydrogen-bond acceptors (Lipinski definition) is 4. The van der Waals surface area contributed by atoms with Crippen LogP contribution >= 0.6 is 31.9 Å². The predicted octanol–water partition coefficient (Wildman–Crippen LogP) is 3.18. The maximum absolute atomic E-state index is 11.4. The number of hydrogen-bond donors (Lipinski definition) is 3. The van der Waals surface area contributed by atoms with Gasteiger partial charge < -0.3 is 11.1 Å². The van der Waals surface area contributed by atoms with Crippen molar-refractivity contribution in [2.24, 2.45) is 5.14 Å². The van der Waals surface area contributed by atoms with Crippen molar-refractivity contribution in [1.29, 1.82) is 0 Å². The maximum atomic E-state index is 11.4. The van der Waals surface area contributed by atoms with Crippen molar-refractivity contribution >= 4 is 58.9 Å². The standard InChI is InChI=1S/C12H11Br2N3O2S/c13-7-4-5-8(14)10(6-7)17-9-2-1-3-11(12(9)15)20(16,18)19/h1-6,17H,15H2,(H2,16,18,19). The van der Waals surface area contributed by atoms with Crippen LogP contribution in [0.25, 0.3) is 0 Å². The van der Waals surface area contributed by atoms with Gasteiger partial charge in [-0.05, 0) is 46.3 Å². The number of nitrogen functional groups attached to an aromatic ring is 1. The molecule has 0 unspecified atom stereocenters. The van der Waals surface area contributed by atoms with Gasteiger partial charge in [0.05, 0.1) is 17.1 Å². The first kappa shape index (κ1) is 15.3. The van der Waals surface area contributed by atoms with E-state index in [0.29, 0.717) is 5.69 Å². The highest BCUT2D eigenvalue weighted by Gasteiger charge is 2.15. The van der Waals surface area contributed by atoms with Gasteiger partial charge in [0, 0.05) is 8.95 Å². The normalized spacial score (nSPS) is 11.3. The van der Waals surface area contributed by atoms with E-state index >= 15 is 0 Å². The zero-order valence-corrected chi connectivity index (χ0v) is 14.1. The summed E-state index contributed by atoms with van der Waals surface area (Å²) < 4.78 is 24.6. The van der Waals surface area contributed by atoms with Crippen LogP contribution in [-0.2, 0) is 10.0 Å². The van der Waals surface area contributed by atoms with E-state index in [1.807, 2.05) is 18.2 Å². The largest absolute Gasteiger partial charge is 0.396 e. The minimum atomic E-state index is -3.85. The molecule has 0 saturated heterocycles. The van der Waals surface area contributed by atoms with E-state index in [1.165, 1.54) is 6.07 Å². The zero-order chi connectivity index (χ0) is 14.9. The Labute approximate surface area is 133 Å². The van der Waals surface area contributed by atoms with Crippen LogP contribution in [0.4, 0.5) is 17.1 Å². The fourth-order valence-electron chi connectivity index (χ4n) is 1.64. The van der Waals surface area contributed by atoms with Crippen LogP contribution in [0.15, 0.2) is 50.2 Å². The van der Waals surface area contributed by atoms with E-state index < -0.39 is 10.0 Å². The minimum Gasteiger partial charge on any atom is -0.396 e. The third-order valence-corrected chi connectivity index (χ3v) is 4.72. The minimum absolute atomic E-state index is 0.0851. The Hall–Kier alpha value is -1.09. The summed E-state index contributed by atoms with van der Waals surface area (Å²) >= 11 is 6.77. The van der Waals surface area contributed by atoms with Gasteiger partial charge >= 0.3 is 0 Å². The van der Waals surface area contributed by atoms with E-state index in [0.717, 1.165) is 14.6 Å². The Kier molecular flexibility index (Phi) is 4.38. The van der Waals surface area contributed by atoms with Crippen molar-refractivity contribution in [1.82, 2.24) is 0 Å². The summed E-state index contributed by atoms with van der Waals surface area (Å²) in [6.07, 6.45) is 0. The Morgan fingerprint density at radius 2 is 1.75 bits per heavy atom. The van der Waals surface area contributed by atoms with E-state index in [4.69, 9.17) is 10.9 Å². The molecule has 5 nitrogen and oxygen atoms in total. The predicted molar refractivity (Wildman–Crippen MR) is 87.4 cm³/mol. The zero-order valence-electron chi connectivity index (χ0n) is 10.1. The van der Waals surface area contributed by atoms with Crippen molar-refractivity contribution in [3.63, 3.8) is 0 Å². The van der Waals surface area contributed by atoms with Gasteiger partial charge in [0.2, 0.25) is 10.0 Å². The number of rotatable bonds is 3. The average molecular weight is 421 g/mol. The lowest BCUT2D eigenvalue weighted by molar-refractivity contribution is 0.598. The van der Waals surface area contributed by atoms with Gasteiger partial charge in [-0.1, -0.05) is 22.0 Å². The number of anilines is 3. The van der Waals surface area contributed by atoms with Gasteiger partial charge in [-0.15, -0.1) is 0 Å². The molecule has 0 bridgehead atoms. The van der Waals surface area contributed by atoms with E-state index in [2.05, 4.69) is 37.2 Å². The molecule has 5 N–H and O–H groups in total. The molecule has 0 aliphatic carbocycles. The second-order valence-corrected chi connectivity index (χ2v) is 7.31. The second-order valence-electron chi connectivity index (χ2n) is 4.01. The fourth-order valence-corrected chi connectivity index (χ4v) is 3.03. The molecular formula is C12H11Br2N3O2S. The number of halogens is 2. The molecule has 0 atom stereocenters. The first-order chi connectivity index (χ1) is 9.29. The number of nitrogens with one attached hydrogen (secondary N) is 1. The van der Waals surface area contributed by atoms with E-state index in [-0.39, 0.29) is 10.6 Å². The lowest BCUT2D eigenvalue weighted by Crippen LogP contribution is -2.15. The summed E-state index contributed by atoms with van der Waals surface area (Å²) in [5, 5.41) is 8.19. The molecule has 0 amide bonds. The monoisotopic (exact) mass is 419 g/mol.